The molecule has 146 valence electrons. The number of carbonyl (C=O) groups excluding carboxylic acids is 1. The molecule has 1 aliphatic rings. The number of nitrogens with zero attached hydrogens (tertiary/aromatic N) is 2. The Hall–Kier alpha value is -1.45. The van der Waals surface area contributed by atoms with Crippen molar-refractivity contribution in [2.45, 2.75) is 23.7 Å². The van der Waals surface area contributed by atoms with E-state index in [4.69, 9.17) is 11.6 Å². The molecule has 1 saturated heterocycles. The second-order valence-corrected chi connectivity index (χ2v) is 9.88. The van der Waals surface area contributed by atoms with Crippen LogP contribution >= 0.6 is 22.9 Å². The number of benzene rings is 1. The van der Waals surface area contributed by atoms with E-state index in [1.807, 2.05) is 30.0 Å². The smallest absolute Gasteiger partial charge is 0.252 e. The summed E-state index contributed by atoms with van der Waals surface area (Å²) < 4.78 is 27.0. The predicted molar refractivity (Wildman–Crippen MR) is 107 cm³/mol. The van der Waals surface area contributed by atoms with Crippen LogP contribution in [-0.4, -0.2) is 55.8 Å². The molecule has 6 nitrogen and oxygen atoms in total. The maximum Gasteiger partial charge on any atom is 0.252 e. The number of carbonyl (C=O) groups is 1. The Morgan fingerprint density at radius 1 is 1.19 bits per heavy atom. The van der Waals surface area contributed by atoms with Gasteiger partial charge in [-0.3, -0.25) is 9.69 Å². The van der Waals surface area contributed by atoms with Crippen molar-refractivity contribution in [1.29, 1.82) is 0 Å². The lowest BCUT2D eigenvalue weighted by Gasteiger charge is -2.36. The molecule has 2 aromatic rings. The minimum atomic E-state index is -3.43. The second-order valence-electron chi connectivity index (χ2n) is 6.36. The molecule has 1 aromatic heterocycles. The summed E-state index contributed by atoms with van der Waals surface area (Å²) in [6.45, 7) is 4.00. The molecule has 2 heterocycles. The molecule has 0 saturated carbocycles. The van der Waals surface area contributed by atoms with E-state index in [1.54, 1.807) is 23.6 Å². The van der Waals surface area contributed by atoms with E-state index < -0.39 is 10.0 Å². The summed E-state index contributed by atoms with van der Waals surface area (Å²) in [6, 6.07) is 10.4. The number of halogens is 1. The van der Waals surface area contributed by atoms with Crippen molar-refractivity contribution < 1.29 is 13.2 Å². The van der Waals surface area contributed by atoms with Crippen molar-refractivity contribution in [2.24, 2.45) is 0 Å². The van der Waals surface area contributed by atoms with Crippen molar-refractivity contribution in [3.05, 3.63) is 52.4 Å². The lowest BCUT2D eigenvalue weighted by molar-refractivity contribution is -0.126. The molecular weight excluding hydrogens is 406 g/mol. The molecular formula is C18H22ClN3O3S2. The minimum Gasteiger partial charge on any atom is -0.351 e. The molecule has 1 atom stereocenters. The highest BCUT2D eigenvalue weighted by atomic mass is 35.5. The molecule has 1 amide bonds. The first-order valence-corrected chi connectivity index (χ1v) is 11.4. The fourth-order valence-corrected chi connectivity index (χ4v) is 5.78. The first-order valence-electron chi connectivity index (χ1n) is 8.68. The maximum atomic E-state index is 12.6. The minimum absolute atomic E-state index is 0.0931. The molecule has 0 spiro atoms. The molecule has 1 fully saturated rings. The number of nitrogens with one attached hydrogen (secondary N) is 1. The predicted octanol–water partition coefficient (Wildman–Crippen LogP) is 2.41. The molecule has 1 aliphatic heterocycles. The third-order valence-electron chi connectivity index (χ3n) is 4.70. The Morgan fingerprint density at radius 2 is 1.89 bits per heavy atom. The molecule has 0 aliphatic carbocycles. The molecule has 0 bridgehead atoms. The van der Waals surface area contributed by atoms with Crippen LogP contribution in [0.1, 0.15) is 12.5 Å². The zero-order chi connectivity index (χ0) is 19.4. The lowest BCUT2D eigenvalue weighted by Crippen LogP contribution is -2.54. The van der Waals surface area contributed by atoms with Gasteiger partial charge < -0.3 is 5.32 Å². The molecule has 1 N–H and O–H groups in total. The van der Waals surface area contributed by atoms with Crippen molar-refractivity contribution in [3.8, 4) is 0 Å². The number of rotatable bonds is 6. The Labute approximate surface area is 168 Å². The normalized spacial score (nSPS) is 17.6. The first kappa shape index (κ1) is 20.3. The van der Waals surface area contributed by atoms with E-state index in [2.05, 4.69) is 5.32 Å². The summed E-state index contributed by atoms with van der Waals surface area (Å²) in [4.78, 5) is 14.5. The van der Waals surface area contributed by atoms with E-state index in [0.29, 0.717) is 42.0 Å². The average molecular weight is 428 g/mol. The van der Waals surface area contributed by atoms with Gasteiger partial charge >= 0.3 is 0 Å². The van der Waals surface area contributed by atoms with Crippen molar-refractivity contribution in [2.75, 3.05) is 26.2 Å². The lowest BCUT2D eigenvalue weighted by atomic mass is 10.2. The maximum absolute atomic E-state index is 12.6. The molecule has 27 heavy (non-hydrogen) atoms. The van der Waals surface area contributed by atoms with Gasteiger partial charge in [0.05, 0.1) is 6.04 Å². The van der Waals surface area contributed by atoms with E-state index in [-0.39, 0.29) is 11.9 Å². The van der Waals surface area contributed by atoms with Crippen molar-refractivity contribution >= 4 is 38.9 Å². The van der Waals surface area contributed by atoms with Crippen LogP contribution in [0.15, 0.2) is 46.0 Å². The fourth-order valence-electron chi connectivity index (χ4n) is 3.01. The highest BCUT2D eigenvalue weighted by Crippen LogP contribution is 2.22. The van der Waals surface area contributed by atoms with Crippen LogP contribution in [0.4, 0.5) is 0 Å². The number of amides is 1. The molecule has 1 unspecified atom stereocenters. The zero-order valence-electron chi connectivity index (χ0n) is 15.0. The van der Waals surface area contributed by atoms with E-state index in [0.717, 1.165) is 5.56 Å². The van der Waals surface area contributed by atoms with Crippen molar-refractivity contribution in [3.63, 3.8) is 0 Å². The number of hydrogen-bond donors (Lipinski definition) is 1. The van der Waals surface area contributed by atoms with Crippen LogP contribution < -0.4 is 5.32 Å². The van der Waals surface area contributed by atoms with E-state index in [1.165, 1.54) is 15.6 Å². The van der Waals surface area contributed by atoms with Gasteiger partial charge in [0.2, 0.25) is 5.91 Å². The second kappa shape index (κ2) is 8.70. The van der Waals surface area contributed by atoms with Gasteiger partial charge in [0, 0.05) is 37.7 Å². The first-order chi connectivity index (χ1) is 12.9. The monoisotopic (exact) mass is 427 g/mol. The number of piperazine rings is 1. The summed E-state index contributed by atoms with van der Waals surface area (Å²) in [5.74, 6) is -0.0931. The van der Waals surface area contributed by atoms with Gasteiger partial charge in [-0.2, -0.15) is 4.31 Å². The quantitative estimate of drug-likeness (QED) is 0.768. The Morgan fingerprint density at radius 3 is 2.52 bits per heavy atom. The Balaban J connectivity index is 1.53. The number of sulfonamides is 1. The Bertz CT molecular complexity index is 879. The van der Waals surface area contributed by atoms with Gasteiger partial charge in [-0.15, -0.1) is 11.3 Å². The molecule has 0 radical (unpaired) electrons. The van der Waals surface area contributed by atoms with Crippen LogP contribution in [0.5, 0.6) is 0 Å². The van der Waals surface area contributed by atoms with E-state index >= 15 is 0 Å². The summed E-state index contributed by atoms with van der Waals surface area (Å²) in [7, 11) is -3.43. The van der Waals surface area contributed by atoms with Crippen LogP contribution in [0.3, 0.4) is 0 Å². The van der Waals surface area contributed by atoms with Gasteiger partial charge in [-0.05, 0) is 30.0 Å². The number of hydrogen-bond acceptors (Lipinski definition) is 5. The van der Waals surface area contributed by atoms with Gasteiger partial charge in [0.15, 0.2) is 0 Å². The van der Waals surface area contributed by atoms with Crippen LogP contribution in [-0.2, 0) is 21.4 Å². The van der Waals surface area contributed by atoms with Gasteiger partial charge in [0.25, 0.3) is 10.0 Å². The Kier molecular flexibility index (Phi) is 6.54. The zero-order valence-corrected chi connectivity index (χ0v) is 17.4. The third kappa shape index (κ3) is 4.70. The van der Waals surface area contributed by atoms with Crippen LogP contribution in [0.2, 0.25) is 5.02 Å². The van der Waals surface area contributed by atoms with Crippen LogP contribution in [0.25, 0.3) is 0 Å². The fraction of sp³-hybridized carbons (Fsp3) is 0.389. The molecule has 1 aromatic carbocycles. The van der Waals surface area contributed by atoms with Crippen LogP contribution in [0, 0.1) is 0 Å². The van der Waals surface area contributed by atoms with Gasteiger partial charge in [-0.1, -0.05) is 35.9 Å². The molecule has 9 heteroatoms. The average Bonchev–Trinajstić information content (AvgIpc) is 3.22. The van der Waals surface area contributed by atoms with E-state index in [9.17, 15) is 13.2 Å². The van der Waals surface area contributed by atoms with Gasteiger partial charge in [-0.25, -0.2) is 8.42 Å². The summed E-state index contributed by atoms with van der Waals surface area (Å²) >= 11 is 7.34. The summed E-state index contributed by atoms with van der Waals surface area (Å²) in [5.41, 5.74) is 0.867. The molecule has 3 rings (SSSR count). The third-order valence-corrected chi connectivity index (χ3v) is 8.34. The van der Waals surface area contributed by atoms with Gasteiger partial charge in [0.1, 0.15) is 4.21 Å². The number of thiophene rings is 1. The highest BCUT2D eigenvalue weighted by molar-refractivity contribution is 7.91. The SMILES string of the molecule is CC(C(=O)NCc1ccccc1Cl)N1CCN(S(=O)(=O)c2cccs2)CC1. The topological polar surface area (TPSA) is 69.7 Å². The standard InChI is InChI=1S/C18H22ClN3O3S2/c1-14(18(23)20-13-15-5-2-3-6-16(15)19)21-8-10-22(11-9-21)27(24,25)17-7-4-12-26-17/h2-7,12,14H,8-11,13H2,1H3,(H,20,23). The highest BCUT2D eigenvalue weighted by Gasteiger charge is 2.32. The largest absolute Gasteiger partial charge is 0.351 e. The van der Waals surface area contributed by atoms with Crippen molar-refractivity contribution in [1.82, 2.24) is 14.5 Å². The summed E-state index contributed by atoms with van der Waals surface area (Å²) in [5, 5.41) is 5.29. The summed E-state index contributed by atoms with van der Waals surface area (Å²) in [6.07, 6.45) is 0.